The van der Waals surface area contributed by atoms with Crippen LogP contribution < -0.4 is 16.0 Å². The molecule has 1 aliphatic heterocycles. The van der Waals surface area contributed by atoms with Crippen molar-refractivity contribution in [1.82, 2.24) is 10.2 Å². The van der Waals surface area contributed by atoms with Crippen molar-refractivity contribution < 1.29 is 19.2 Å². The highest BCUT2D eigenvalue weighted by Crippen LogP contribution is 2.32. The molecule has 1 aliphatic carbocycles. The number of nitrogens with one attached hydrogen (secondary N) is 3. The highest BCUT2D eigenvalue weighted by Gasteiger charge is 2.50. The van der Waals surface area contributed by atoms with E-state index in [9.17, 15) is 19.2 Å². The van der Waals surface area contributed by atoms with Gasteiger partial charge < -0.3 is 16.0 Å². The zero-order chi connectivity index (χ0) is 20.1. The van der Waals surface area contributed by atoms with Gasteiger partial charge in [-0.1, -0.05) is 32.1 Å². The van der Waals surface area contributed by atoms with Crippen molar-refractivity contribution in [2.75, 3.05) is 17.2 Å². The number of anilines is 2. The second kappa shape index (κ2) is 8.41. The van der Waals surface area contributed by atoms with Crippen molar-refractivity contribution in [2.24, 2.45) is 0 Å². The fourth-order valence-electron chi connectivity index (χ4n) is 3.85. The van der Waals surface area contributed by atoms with E-state index in [0.717, 1.165) is 37.0 Å². The Balaban J connectivity index is 1.61. The van der Waals surface area contributed by atoms with Gasteiger partial charge in [0, 0.05) is 18.3 Å². The Kier molecular flexibility index (Phi) is 5.96. The van der Waals surface area contributed by atoms with Crippen LogP contribution in [0.2, 0.25) is 0 Å². The van der Waals surface area contributed by atoms with Gasteiger partial charge in [0.25, 0.3) is 5.91 Å². The van der Waals surface area contributed by atoms with Crippen LogP contribution >= 0.6 is 0 Å². The van der Waals surface area contributed by atoms with Crippen molar-refractivity contribution in [2.45, 2.75) is 57.4 Å². The monoisotopic (exact) mass is 386 g/mol. The lowest BCUT2D eigenvalue weighted by atomic mass is 9.84. The zero-order valence-corrected chi connectivity index (χ0v) is 16.0. The fourth-order valence-corrected chi connectivity index (χ4v) is 3.85. The summed E-state index contributed by atoms with van der Waals surface area (Å²) in [4.78, 5) is 49.7. The summed E-state index contributed by atoms with van der Waals surface area (Å²) in [5.41, 5.74) is 0.287. The maximum Gasteiger partial charge on any atom is 0.325 e. The number of carbonyl (C=O) groups is 4. The van der Waals surface area contributed by atoms with Gasteiger partial charge in [0.2, 0.25) is 11.8 Å². The number of rotatable bonds is 4. The van der Waals surface area contributed by atoms with Crippen LogP contribution in [0.4, 0.5) is 16.2 Å². The molecule has 3 rings (SSSR count). The Morgan fingerprint density at radius 2 is 1.50 bits per heavy atom. The standard InChI is InChI=1S/C20H26N4O4/c1-14(25)21-15-7-9-16(10-8-15)22-17(26)13-24-18(27)20(23-19(24)28)11-5-3-2-4-6-12-20/h7-10H,2-6,11-13H2,1H3,(H,21,25)(H,22,26)(H,23,28). The Bertz CT molecular complexity index is 767. The van der Waals surface area contributed by atoms with Crippen molar-refractivity contribution in [3.63, 3.8) is 0 Å². The number of amides is 5. The number of nitrogens with zero attached hydrogens (tertiary/aromatic N) is 1. The third-order valence-corrected chi connectivity index (χ3v) is 5.24. The average molecular weight is 386 g/mol. The van der Waals surface area contributed by atoms with E-state index >= 15 is 0 Å². The highest BCUT2D eigenvalue weighted by molar-refractivity contribution is 6.10. The molecule has 1 spiro atoms. The molecule has 1 heterocycles. The molecule has 0 unspecified atom stereocenters. The summed E-state index contributed by atoms with van der Waals surface area (Å²) in [6.45, 7) is 1.09. The molecule has 0 aromatic heterocycles. The molecular formula is C20H26N4O4. The van der Waals surface area contributed by atoms with Gasteiger partial charge >= 0.3 is 6.03 Å². The molecule has 8 heteroatoms. The normalized spacial score (nSPS) is 19.0. The van der Waals surface area contributed by atoms with E-state index in [4.69, 9.17) is 0 Å². The summed E-state index contributed by atoms with van der Waals surface area (Å²) in [5, 5.41) is 8.17. The van der Waals surface area contributed by atoms with E-state index in [1.807, 2.05) is 0 Å². The first-order valence-corrected chi connectivity index (χ1v) is 9.71. The molecule has 0 atom stereocenters. The van der Waals surface area contributed by atoms with Gasteiger partial charge in [-0.3, -0.25) is 19.3 Å². The van der Waals surface area contributed by atoms with Gasteiger partial charge in [-0.15, -0.1) is 0 Å². The number of carbonyl (C=O) groups excluding carboxylic acids is 4. The predicted octanol–water partition coefficient (Wildman–Crippen LogP) is 2.62. The maximum absolute atomic E-state index is 12.9. The lowest BCUT2D eigenvalue weighted by Crippen LogP contribution is -2.47. The van der Waals surface area contributed by atoms with E-state index in [-0.39, 0.29) is 18.4 Å². The molecule has 2 aliphatic rings. The van der Waals surface area contributed by atoms with E-state index in [0.29, 0.717) is 24.2 Å². The summed E-state index contributed by atoms with van der Waals surface area (Å²) in [6, 6.07) is 6.11. The van der Waals surface area contributed by atoms with Crippen LogP contribution in [-0.4, -0.2) is 40.7 Å². The van der Waals surface area contributed by atoms with Crippen LogP contribution in [0.1, 0.15) is 51.9 Å². The minimum atomic E-state index is -0.849. The second-order valence-electron chi connectivity index (χ2n) is 7.48. The highest BCUT2D eigenvalue weighted by atomic mass is 16.2. The van der Waals surface area contributed by atoms with E-state index in [1.54, 1.807) is 24.3 Å². The summed E-state index contributed by atoms with van der Waals surface area (Å²) in [7, 11) is 0. The first kappa shape index (κ1) is 19.9. The SMILES string of the molecule is CC(=O)Nc1ccc(NC(=O)CN2C(=O)NC3(CCCCCCC3)C2=O)cc1. The van der Waals surface area contributed by atoms with Crippen molar-refractivity contribution in [1.29, 1.82) is 0 Å². The zero-order valence-electron chi connectivity index (χ0n) is 16.0. The number of hydrogen-bond donors (Lipinski definition) is 3. The smallest absolute Gasteiger partial charge is 0.325 e. The summed E-state index contributed by atoms with van der Waals surface area (Å²) in [5.74, 6) is -0.923. The molecule has 8 nitrogen and oxygen atoms in total. The van der Waals surface area contributed by atoms with E-state index in [2.05, 4.69) is 16.0 Å². The van der Waals surface area contributed by atoms with Gasteiger partial charge in [0.05, 0.1) is 0 Å². The van der Waals surface area contributed by atoms with Crippen LogP contribution in [0.3, 0.4) is 0 Å². The van der Waals surface area contributed by atoms with Crippen molar-refractivity contribution in [3.8, 4) is 0 Å². The molecular weight excluding hydrogens is 360 g/mol. The largest absolute Gasteiger partial charge is 0.326 e. The minimum Gasteiger partial charge on any atom is -0.326 e. The maximum atomic E-state index is 12.9. The fraction of sp³-hybridized carbons (Fsp3) is 0.500. The van der Waals surface area contributed by atoms with Gasteiger partial charge in [-0.2, -0.15) is 0 Å². The van der Waals surface area contributed by atoms with Gasteiger partial charge in [-0.05, 0) is 37.1 Å². The third-order valence-electron chi connectivity index (χ3n) is 5.24. The topological polar surface area (TPSA) is 108 Å². The Morgan fingerprint density at radius 1 is 0.964 bits per heavy atom. The molecule has 1 saturated carbocycles. The van der Waals surface area contributed by atoms with Crippen molar-refractivity contribution in [3.05, 3.63) is 24.3 Å². The third kappa shape index (κ3) is 4.49. The summed E-state index contributed by atoms with van der Waals surface area (Å²) >= 11 is 0. The molecule has 0 radical (unpaired) electrons. The molecule has 150 valence electrons. The van der Waals surface area contributed by atoms with Crippen LogP contribution in [0.15, 0.2) is 24.3 Å². The van der Waals surface area contributed by atoms with Gasteiger partial charge in [0.15, 0.2) is 0 Å². The molecule has 3 N–H and O–H groups in total. The molecule has 1 aromatic carbocycles. The molecule has 1 aromatic rings. The van der Waals surface area contributed by atoms with Gasteiger partial charge in [-0.25, -0.2) is 4.79 Å². The van der Waals surface area contributed by atoms with E-state index < -0.39 is 17.5 Å². The predicted molar refractivity (Wildman–Crippen MR) is 105 cm³/mol. The number of urea groups is 1. The van der Waals surface area contributed by atoms with Crippen LogP contribution in [0.5, 0.6) is 0 Å². The summed E-state index contributed by atoms with van der Waals surface area (Å²) < 4.78 is 0. The lowest BCUT2D eigenvalue weighted by Gasteiger charge is -2.28. The Hall–Kier alpha value is -2.90. The number of benzene rings is 1. The van der Waals surface area contributed by atoms with Crippen LogP contribution in [0.25, 0.3) is 0 Å². The lowest BCUT2D eigenvalue weighted by molar-refractivity contribution is -0.134. The molecule has 2 fully saturated rings. The first-order chi connectivity index (χ1) is 13.4. The number of imide groups is 1. The second-order valence-corrected chi connectivity index (χ2v) is 7.48. The van der Waals surface area contributed by atoms with E-state index in [1.165, 1.54) is 6.92 Å². The Morgan fingerprint density at radius 3 is 2.07 bits per heavy atom. The average Bonchev–Trinajstić information content (AvgIpc) is 2.84. The first-order valence-electron chi connectivity index (χ1n) is 9.71. The Labute approximate surface area is 164 Å². The quantitative estimate of drug-likeness (QED) is 0.691. The van der Waals surface area contributed by atoms with Gasteiger partial charge in [0.1, 0.15) is 12.1 Å². The van der Waals surface area contributed by atoms with Crippen LogP contribution in [-0.2, 0) is 14.4 Å². The minimum absolute atomic E-state index is 0.182. The molecule has 1 saturated heterocycles. The molecule has 0 bridgehead atoms. The van der Waals surface area contributed by atoms with Crippen LogP contribution in [0, 0.1) is 0 Å². The number of hydrogen-bond acceptors (Lipinski definition) is 4. The molecule has 5 amide bonds. The summed E-state index contributed by atoms with van der Waals surface area (Å²) in [6.07, 6.45) is 6.31. The molecule has 28 heavy (non-hydrogen) atoms. The van der Waals surface area contributed by atoms with Crippen molar-refractivity contribution >= 4 is 35.1 Å².